The summed E-state index contributed by atoms with van der Waals surface area (Å²) in [6.45, 7) is 7.51. The molecule has 0 bridgehead atoms. The van der Waals surface area contributed by atoms with Crippen molar-refractivity contribution in [3.8, 4) is 0 Å². The van der Waals surface area contributed by atoms with Gasteiger partial charge in [-0.2, -0.15) is 0 Å². The first kappa shape index (κ1) is 24.1. The minimum absolute atomic E-state index is 0.0973. The summed E-state index contributed by atoms with van der Waals surface area (Å²) >= 11 is 0. The van der Waals surface area contributed by atoms with E-state index in [0.717, 1.165) is 23.6 Å². The van der Waals surface area contributed by atoms with E-state index < -0.39 is 25.9 Å². The van der Waals surface area contributed by atoms with Crippen LogP contribution >= 0.6 is 0 Å². The van der Waals surface area contributed by atoms with Crippen molar-refractivity contribution in [2.45, 2.75) is 46.0 Å². The Bertz CT molecular complexity index is 1140. The van der Waals surface area contributed by atoms with E-state index in [2.05, 4.69) is 9.44 Å². The van der Waals surface area contributed by atoms with Gasteiger partial charge in [0.05, 0.1) is 23.9 Å². The Labute approximate surface area is 179 Å². The number of hydrogen-bond acceptors (Lipinski definition) is 4. The molecule has 0 spiro atoms. The lowest BCUT2D eigenvalue weighted by Crippen LogP contribution is -2.16. The van der Waals surface area contributed by atoms with Gasteiger partial charge in [0.15, 0.2) is 0 Å². The van der Waals surface area contributed by atoms with Crippen molar-refractivity contribution in [1.29, 1.82) is 0 Å². The fraction of sp³-hybridized carbons (Fsp3) is 0.429. The van der Waals surface area contributed by atoms with E-state index in [1.165, 1.54) is 12.1 Å². The number of rotatable bonds is 8. The molecule has 30 heavy (non-hydrogen) atoms. The lowest BCUT2D eigenvalue weighted by molar-refractivity contribution is 0.604. The normalized spacial score (nSPS) is 13.3. The molecule has 0 aliphatic carbocycles. The zero-order chi connectivity index (χ0) is 22.9. The van der Waals surface area contributed by atoms with E-state index in [4.69, 9.17) is 0 Å². The van der Waals surface area contributed by atoms with Crippen LogP contribution in [-0.4, -0.2) is 29.3 Å². The molecule has 2 N–H and O–H groups in total. The molecule has 0 fully saturated rings. The van der Waals surface area contributed by atoms with Crippen LogP contribution in [-0.2, 0) is 26.5 Å². The summed E-state index contributed by atoms with van der Waals surface area (Å²) in [6.07, 6.45) is 2.46. The highest BCUT2D eigenvalue weighted by Gasteiger charge is 2.21. The third kappa shape index (κ3) is 6.43. The van der Waals surface area contributed by atoms with Gasteiger partial charge in [0, 0.05) is 0 Å². The fourth-order valence-corrected chi connectivity index (χ4v) is 4.87. The van der Waals surface area contributed by atoms with Gasteiger partial charge in [-0.15, -0.1) is 0 Å². The number of benzene rings is 2. The Hall–Kier alpha value is -2.13. The summed E-state index contributed by atoms with van der Waals surface area (Å²) in [4.78, 5) is 0. The highest BCUT2D eigenvalue weighted by Crippen LogP contribution is 2.36. The van der Waals surface area contributed by atoms with E-state index in [0.29, 0.717) is 28.9 Å². The third-order valence-electron chi connectivity index (χ3n) is 4.76. The largest absolute Gasteiger partial charge is 0.283 e. The predicted molar refractivity (Wildman–Crippen MR) is 121 cm³/mol. The molecule has 2 aromatic carbocycles. The first-order valence-electron chi connectivity index (χ1n) is 9.55. The highest BCUT2D eigenvalue weighted by atomic mass is 32.2. The van der Waals surface area contributed by atoms with Gasteiger partial charge in [0.25, 0.3) is 0 Å². The SMILES string of the molecule is Cc1cccc(NS(C)(=O)=O)c1C(C)Cc1cc(F)cc(C(C)C)c1NS(C)(=O)=O. The van der Waals surface area contributed by atoms with Crippen molar-refractivity contribution in [3.05, 3.63) is 58.4 Å². The maximum Gasteiger partial charge on any atom is 0.229 e. The number of hydrogen-bond donors (Lipinski definition) is 2. The van der Waals surface area contributed by atoms with Gasteiger partial charge >= 0.3 is 0 Å². The maximum atomic E-state index is 14.4. The van der Waals surface area contributed by atoms with Gasteiger partial charge < -0.3 is 0 Å². The molecular weight excluding hydrogens is 427 g/mol. The van der Waals surface area contributed by atoms with Crippen LogP contribution in [0.1, 0.15) is 54.9 Å². The number of anilines is 2. The van der Waals surface area contributed by atoms with Crippen LogP contribution in [0.5, 0.6) is 0 Å². The average Bonchev–Trinajstić information content (AvgIpc) is 2.54. The summed E-state index contributed by atoms with van der Waals surface area (Å²) in [6, 6.07) is 7.99. The van der Waals surface area contributed by atoms with E-state index in [1.807, 2.05) is 33.8 Å². The van der Waals surface area contributed by atoms with Crippen LogP contribution < -0.4 is 9.44 Å². The molecule has 1 atom stereocenters. The van der Waals surface area contributed by atoms with Crippen LogP contribution in [0, 0.1) is 12.7 Å². The van der Waals surface area contributed by atoms with Crippen LogP contribution in [0.2, 0.25) is 0 Å². The number of nitrogens with one attached hydrogen (secondary N) is 2. The molecule has 6 nitrogen and oxygen atoms in total. The standard InChI is InChI=1S/C21H29FN2O4S2/c1-13(2)18-12-17(22)11-16(21(18)24-30(6,27)28)10-15(4)20-14(3)8-7-9-19(20)23-29(5,25)26/h7-9,11-13,15,23-24H,10H2,1-6H3. The first-order chi connectivity index (χ1) is 13.7. The molecule has 0 aliphatic heterocycles. The minimum Gasteiger partial charge on any atom is -0.283 e. The molecule has 166 valence electrons. The van der Waals surface area contributed by atoms with Gasteiger partial charge in [0.2, 0.25) is 20.0 Å². The lowest BCUT2D eigenvalue weighted by Gasteiger charge is -2.23. The Morgan fingerprint density at radius 3 is 2.10 bits per heavy atom. The number of halogens is 1. The van der Waals surface area contributed by atoms with Crippen LogP contribution in [0.3, 0.4) is 0 Å². The quantitative estimate of drug-likeness (QED) is 0.618. The summed E-state index contributed by atoms with van der Waals surface area (Å²) in [5.41, 5.74) is 3.60. The van der Waals surface area contributed by atoms with Crippen LogP contribution in [0.15, 0.2) is 30.3 Å². The second kappa shape index (κ2) is 8.93. The molecule has 1 unspecified atom stereocenters. The second-order valence-corrected chi connectivity index (χ2v) is 11.6. The molecule has 0 saturated heterocycles. The molecule has 0 radical (unpaired) electrons. The molecule has 0 aromatic heterocycles. The zero-order valence-corrected chi connectivity index (χ0v) is 19.7. The summed E-state index contributed by atoms with van der Waals surface area (Å²) < 4.78 is 66.9. The fourth-order valence-electron chi connectivity index (χ4n) is 3.67. The van der Waals surface area contributed by atoms with E-state index in [1.54, 1.807) is 12.1 Å². The minimum atomic E-state index is -3.57. The molecule has 0 heterocycles. The topological polar surface area (TPSA) is 92.3 Å². The van der Waals surface area contributed by atoms with Crippen molar-refractivity contribution >= 4 is 31.4 Å². The van der Waals surface area contributed by atoms with Gasteiger partial charge in [-0.05, 0) is 65.6 Å². The monoisotopic (exact) mass is 456 g/mol. The van der Waals surface area contributed by atoms with E-state index in [-0.39, 0.29) is 11.8 Å². The van der Waals surface area contributed by atoms with Gasteiger partial charge in [-0.1, -0.05) is 32.9 Å². The summed E-state index contributed by atoms with van der Waals surface area (Å²) in [5.74, 6) is -0.753. The number of aryl methyl sites for hydroxylation is 1. The molecule has 2 aromatic rings. The highest BCUT2D eigenvalue weighted by molar-refractivity contribution is 7.92. The predicted octanol–water partition coefficient (Wildman–Crippen LogP) is 4.35. The Morgan fingerprint density at radius 1 is 0.967 bits per heavy atom. The van der Waals surface area contributed by atoms with Crippen molar-refractivity contribution in [1.82, 2.24) is 0 Å². The molecule has 2 rings (SSSR count). The molecule has 9 heteroatoms. The summed E-state index contributed by atoms with van der Waals surface area (Å²) in [5, 5.41) is 0. The second-order valence-electron chi connectivity index (χ2n) is 8.07. The zero-order valence-electron chi connectivity index (χ0n) is 18.1. The van der Waals surface area contributed by atoms with Gasteiger partial charge in [0.1, 0.15) is 5.82 Å². The maximum absolute atomic E-state index is 14.4. The lowest BCUT2D eigenvalue weighted by atomic mass is 9.87. The molecule has 0 aliphatic rings. The summed E-state index contributed by atoms with van der Waals surface area (Å²) in [7, 11) is -7.05. The Kier molecular flexibility index (Phi) is 7.19. The van der Waals surface area contributed by atoms with Crippen LogP contribution in [0.4, 0.5) is 15.8 Å². The molecular formula is C21H29FN2O4S2. The van der Waals surface area contributed by atoms with Crippen molar-refractivity contribution < 1.29 is 21.2 Å². The van der Waals surface area contributed by atoms with Gasteiger partial charge in [-0.25, -0.2) is 21.2 Å². The molecule has 0 amide bonds. The Balaban J connectivity index is 2.58. The van der Waals surface area contributed by atoms with E-state index in [9.17, 15) is 21.2 Å². The Morgan fingerprint density at radius 2 is 1.57 bits per heavy atom. The average molecular weight is 457 g/mol. The van der Waals surface area contributed by atoms with Crippen molar-refractivity contribution in [2.24, 2.45) is 0 Å². The molecule has 0 saturated carbocycles. The van der Waals surface area contributed by atoms with Crippen molar-refractivity contribution in [2.75, 3.05) is 22.0 Å². The third-order valence-corrected chi connectivity index (χ3v) is 5.93. The number of sulfonamides is 2. The first-order valence-corrected chi connectivity index (χ1v) is 13.3. The van der Waals surface area contributed by atoms with Crippen molar-refractivity contribution in [3.63, 3.8) is 0 Å². The van der Waals surface area contributed by atoms with Crippen LogP contribution in [0.25, 0.3) is 0 Å². The smallest absolute Gasteiger partial charge is 0.229 e. The van der Waals surface area contributed by atoms with E-state index >= 15 is 0 Å². The van der Waals surface area contributed by atoms with Gasteiger partial charge in [-0.3, -0.25) is 9.44 Å².